The third kappa shape index (κ3) is 2.82. The molecule has 1 aliphatic heterocycles. The maximum atomic E-state index is 9.30. The van der Waals surface area contributed by atoms with Crippen molar-refractivity contribution in [2.24, 2.45) is 11.7 Å². The number of rotatable bonds is 3. The standard InChI is InChI=1S/C14H20N2OS/c1-10-4-5-13(12(7-10)14(15)18)16-6-2-3-11(8-16)9-17/h4-5,7,11,17H,2-3,6,8-9H2,1H3,(H2,15,18). The first-order chi connectivity index (χ1) is 8.61. The van der Waals surface area contributed by atoms with Gasteiger partial charge in [0.1, 0.15) is 4.99 Å². The van der Waals surface area contributed by atoms with Crippen molar-refractivity contribution in [2.45, 2.75) is 19.8 Å². The molecule has 0 spiro atoms. The van der Waals surface area contributed by atoms with Crippen molar-refractivity contribution in [2.75, 3.05) is 24.6 Å². The molecular weight excluding hydrogens is 244 g/mol. The molecule has 2 rings (SSSR count). The second-order valence-electron chi connectivity index (χ2n) is 5.02. The fourth-order valence-corrected chi connectivity index (χ4v) is 2.72. The van der Waals surface area contributed by atoms with Crippen LogP contribution < -0.4 is 10.6 Å². The van der Waals surface area contributed by atoms with Crippen molar-refractivity contribution in [3.63, 3.8) is 0 Å². The largest absolute Gasteiger partial charge is 0.396 e. The predicted molar refractivity (Wildman–Crippen MR) is 79.1 cm³/mol. The summed E-state index contributed by atoms with van der Waals surface area (Å²) in [4.78, 5) is 2.73. The Bertz CT molecular complexity index is 447. The molecule has 1 aromatic carbocycles. The molecule has 1 fully saturated rings. The quantitative estimate of drug-likeness (QED) is 0.818. The van der Waals surface area contributed by atoms with E-state index >= 15 is 0 Å². The second kappa shape index (κ2) is 5.67. The number of aliphatic hydroxyl groups is 1. The average Bonchev–Trinajstić information content (AvgIpc) is 2.38. The number of hydrogen-bond acceptors (Lipinski definition) is 3. The molecule has 0 aliphatic carbocycles. The molecule has 18 heavy (non-hydrogen) atoms. The molecule has 1 unspecified atom stereocenters. The highest BCUT2D eigenvalue weighted by Gasteiger charge is 2.21. The summed E-state index contributed by atoms with van der Waals surface area (Å²) in [5.74, 6) is 0.360. The van der Waals surface area contributed by atoms with Crippen molar-refractivity contribution in [1.29, 1.82) is 0 Å². The Morgan fingerprint density at radius 2 is 2.33 bits per heavy atom. The van der Waals surface area contributed by atoms with Crippen LogP contribution in [0.3, 0.4) is 0 Å². The molecule has 1 atom stereocenters. The highest BCUT2D eigenvalue weighted by molar-refractivity contribution is 7.80. The number of piperidine rings is 1. The van der Waals surface area contributed by atoms with E-state index in [1.165, 1.54) is 0 Å². The minimum atomic E-state index is 0.255. The summed E-state index contributed by atoms with van der Waals surface area (Å²) in [6, 6.07) is 6.21. The van der Waals surface area contributed by atoms with Crippen LogP contribution >= 0.6 is 12.2 Å². The van der Waals surface area contributed by atoms with Crippen LogP contribution in [0.25, 0.3) is 0 Å². The summed E-state index contributed by atoms with van der Waals surface area (Å²) in [5.41, 5.74) is 9.03. The summed E-state index contributed by atoms with van der Waals surface area (Å²) in [6.07, 6.45) is 2.21. The van der Waals surface area contributed by atoms with Crippen molar-refractivity contribution in [3.8, 4) is 0 Å². The first kappa shape index (κ1) is 13.3. The predicted octanol–water partition coefficient (Wildman–Crippen LogP) is 1.84. The zero-order chi connectivity index (χ0) is 13.1. The fraction of sp³-hybridized carbons (Fsp3) is 0.500. The number of nitrogens with zero attached hydrogens (tertiary/aromatic N) is 1. The van der Waals surface area contributed by atoms with E-state index in [1.54, 1.807) is 0 Å². The molecule has 0 amide bonds. The molecular formula is C14H20N2OS. The lowest BCUT2D eigenvalue weighted by atomic mass is 9.97. The van der Waals surface area contributed by atoms with Gasteiger partial charge in [0, 0.05) is 30.9 Å². The van der Waals surface area contributed by atoms with Crippen LogP contribution in [0.1, 0.15) is 24.0 Å². The molecule has 0 saturated carbocycles. The molecule has 0 bridgehead atoms. The van der Waals surface area contributed by atoms with Crippen molar-refractivity contribution >= 4 is 22.9 Å². The van der Waals surface area contributed by atoms with Gasteiger partial charge in [0.15, 0.2) is 0 Å². The Kier molecular flexibility index (Phi) is 4.19. The monoisotopic (exact) mass is 264 g/mol. The molecule has 1 aromatic rings. The van der Waals surface area contributed by atoms with E-state index in [1.807, 2.05) is 13.0 Å². The Hall–Kier alpha value is -1.13. The maximum Gasteiger partial charge on any atom is 0.106 e. The van der Waals surface area contributed by atoms with Gasteiger partial charge < -0.3 is 15.7 Å². The van der Waals surface area contributed by atoms with E-state index in [0.717, 1.165) is 42.7 Å². The molecule has 1 saturated heterocycles. The lowest BCUT2D eigenvalue weighted by molar-refractivity contribution is 0.208. The van der Waals surface area contributed by atoms with Gasteiger partial charge in [0.05, 0.1) is 0 Å². The van der Waals surface area contributed by atoms with Crippen molar-refractivity contribution in [1.82, 2.24) is 0 Å². The Morgan fingerprint density at radius 1 is 1.56 bits per heavy atom. The lowest BCUT2D eigenvalue weighted by Crippen LogP contribution is -2.37. The molecule has 1 heterocycles. The third-order valence-corrected chi connectivity index (χ3v) is 3.76. The lowest BCUT2D eigenvalue weighted by Gasteiger charge is -2.34. The van der Waals surface area contributed by atoms with Gasteiger partial charge in [-0.3, -0.25) is 0 Å². The smallest absolute Gasteiger partial charge is 0.106 e. The van der Waals surface area contributed by atoms with Gasteiger partial charge in [0.25, 0.3) is 0 Å². The minimum Gasteiger partial charge on any atom is -0.396 e. The van der Waals surface area contributed by atoms with E-state index in [0.29, 0.717) is 10.9 Å². The molecule has 3 nitrogen and oxygen atoms in total. The average molecular weight is 264 g/mol. The number of benzene rings is 1. The highest BCUT2D eigenvalue weighted by atomic mass is 32.1. The van der Waals surface area contributed by atoms with Gasteiger partial charge in [-0.05, 0) is 37.8 Å². The first-order valence-electron chi connectivity index (χ1n) is 6.38. The van der Waals surface area contributed by atoms with Crippen LogP contribution in [0.5, 0.6) is 0 Å². The van der Waals surface area contributed by atoms with Gasteiger partial charge in [-0.15, -0.1) is 0 Å². The summed E-state index contributed by atoms with van der Waals surface area (Å²) >= 11 is 5.14. The fourth-order valence-electron chi connectivity index (χ4n) is 2.56. The first-order valence-corrected chi connectivity index (χ1v) is 6.79. The van der Waals surface area contributed by atoms with E-state index < -0.39 is 0 Å². The maximum absolute atomic E-state index is 9.30. The second-order valence-corrected chi connectivity index (χ2v) is 5.46. The zero-order valence-corrected chi connectivity index (χ0v) is 11.5. The highest BCUT2D eigenvalue weighted by Crippen LogP contribution is 2.27. The van der Waals surface area contributed by atoms with E-state index in [9.17, 15) is 5.11 Å². The molecule has 1 aliphatic rings. The number of anilines is 1. The molecule has 0 aromatic heterocycles. The Morgan fingerprint density at radius 3 is 3.00 bits per heavy atom. The third-order valence-electron chi connectivity index (χ3n) is 3.54. The molecule has 4 heteroatoms. The Balaban J connectivity index is 2.29. The zero-order valence-electron chi connectivity index (χ0n) is 10.7. The van der Waals surface area contributed by atoms with Crippen LogP contribution in [-0.4, -0.2) is 29.8 Å². The number of aliphatic hydroxyl groups excluding tert-OH is 1. The van der Waals surface area contributed by atoms with Gasteiger partial charge in [-0.25, -0.2) is 0 Å². The van der Waals surface area contributed by atoms with Crippen LogP contribution in [0.4, 0.5) is 5.69 Å². The van der Waals surface area contributed by atoms with Crippen molar-refractivity contribution < 1.29 is 5.11 Å². The van der Waals surface area contributed by atoms with Gasteiger partial charge >= 0.3 is 0 Å². The minimum absolute atomic E-state index is 0.255. The van der Waals surface area contributed by atoms with Crippen LogP contribution in [0, 0.1) is 12.8 Å². The number of nitrogens with two attached hydrogens (primary N) is 1. The summed E-state index contributed by atoms with van der Waals surface area (Å²) in [7, 11) is 0. The van der Waals surface area contributed by atoms with E-state index in [2.05, 4.69) is 17.0 Å². The normalized spacial score (nSPS) is 19.9. The summed E-state index contributed by atoms with van der Waals surface area (Å²) < 4.78 is 0. The van der Waals surface area contributed by atoms with Gasteiger partial charge in [-0.2, -0.15) is 0 Å². The van der Waals surface area contributed by atoms with Gasteiger partial charge in [0.2, 0.25) is 0 Å². The summed E-state index contributed by atoms with van der Waals surface area (Å²) in [5, 5.41) is 9.30. The number of thiocarbonyl (C=S) groups is 1. The molecule has 0 radical (unpaired) electrons. The van der Waals surface area contributed by atoms with Gasteiger partial charge in [-0.1, -0.05) is 23.8 Å². The van der Waals surface area contributed by atoms with E-state index in [4.69, 9.17) is 18.0 Å². The molecule has 98 valence electrons. The van der Waals surface area contributed by atoms with Crippen molar-refractivity contribution in [3.05, 3.63) is 29.3 Å². The topological polar surface area (TPSA) is 49.5 Å². The SMILES string of the molecule is Cc1ccc(N2CCCC(CO)C2)c(C(N)=S)c1. The summed E-state index contributed by atoms with van der Waals surface area (Å²) in [6.45, 7) is 4.19. The van der Waals surface area contributed by atoms with E-state index in [-0.39, 0.29) is 6.61 Å². The number of hydrogen-bond donors (Lipinski definition) is 2. The van der Waals surface area contributed by atoms with Crippen LogP contribution in [0.15, 0.2) is 18.2 Å². The van der Waals surface area contributed by atoms with Crippen LogP contribution in [-0.2, 0) is 0 Å². The number of aryl methyl sites for hydroxylation is 1. The molecule has 3 N–H and O–H groups in total. The van der Waals surface area contributed by atoms with Crippen LogP contribution in [0.2, 0.25) is 0 Å². The Labute approximate surface area is 114 Å².